The second-order valence-corrected chi connectivity index (χ2v) is 11.1. The standard InChI is InChI=1S/C20H26BrFN4O2S/c1-14-20(15(2)26(23-14)17-5-10-29(27,28)13-17)25-8-6-24(7-9-25)12-16-3-4-19(22)18(21)11-16/h3-4,11,17H,5-10,12-13H2,1-2H3. The van der Waals surface area contributed by atoms with Crippen molar-refractivity contribution >= 4 is 31.5 Å². The minimum Gasteiger partial charge on any atom is -0.366 e. The summed E-state index contributed by atoms with van der Waals surface area (Å²) in [6.45, 7) is 8.45. The lowest BCUT2D eigenvalue weighted by molar-refractivity contribution is 0.249. The van der Waals surface area contributed by atoms with Gasteiger partial charge in [-0.25, -0.2) is 12.8 Å². The molecule has 29 heavy (non-hydrogen) atoms. The van der Waals surface area contributed by atoms with Gasteiger partial charge in [0.2, 0.25) is 0 Å². The Bertz CT molecular complexity index is 1020. The summed E-state index contributed by atoms with van der Waals surface area (Å²) >= 11 is 3.26. The minimum absolute atomic E-state index is 0.0503. The molecule has 2 aliphatic rings. The van der Waals surface area contributed by atoms with E-state index in [-0.39, 0.29) is 23.4 Å². The molecule has 2 aliphatic heterocycles. The van der Waals surface area contributed by atoms with Crippen molar-refractivity contribution in [3.8, 4) is 0 Å². The van der Waals surface area contributed by atoms with Gasteiger partial charge in [0, 0.05) is 32.7 Å². The average Bonchev–Trinajstić information content (AvgIpc) is 3.17. The van der Waals surface area contributed by atoms with Crippen LogP contribution in [-0.2, 0) is 16.4 Å². The van der Waals surface area contributed by atoms with E-state index in [2.05, 4.69) is 25.7 Å². The summed E-state index contributed by atoms with van der Waals surface area (Å²) in [5.41, 5.74) is 4.25. The molecule has 0 N–H and O–H groups in total. The molecular formula is C20H26BrFN4O2S. The largest absolute Gasteiger partial charge is 0.366 e. The number of aryl methyl sites for hydroxylation is 1. The van der Waals surface area contributed by atoms with E-state index >= 15 is 0 Å². The number of aromatic nitrogens is 2. The fourth-order valence-corrected chi connectivity index (χ4v) is 6.58. The van der Waals surface area contributed by atoms with Gasteiger partial charge in [0.1, 0.15) is 5.82 Å². The van der Waals surface area contributed by atoms with E-state index in [1.54, 1.807) is 0 Å². The van der Waals surface area contributed by atoms with Crippen molar-refractivity contribution in [2.24, 2.45) is 0 Å². The molecular weight excluding hydrogens is 459 g/mol. The summed E-state index contributed by atoms with van der Waals surface area (Å²) in [6.07, 6.45) is 0.644. The Morgan fingerprint density at radius 3 is 2.55 bits per heavy atom. The molecule has 1 aromatic heterocycles. The first-order valence-electron chi connectivity index (χ1n) is 9.91. The van der Waals surface area contributed by atoms with Crippen LogP contribution < -0.4 is 4.90 Å². The van der Waals surface area contributed by atoms with Crippen molar-refractivity contribution in [2.45, 2.75) is 32.9 Å². The lowest BCUT2D eigenvalue weighted by atomic mass is 10.1. The van der Waals surface area contributed by atoms with E-state index in [4.69, 9.17) is 5.10 Å². The van der Waals surface area contributed by atoms with E-state index in [1.165, 1.54) is 6.07 Å². The van der Waals surface area contributed by atoms with Crippen molar-refractivity contribution in [2.75, 3.05) is 42.6 Å². The molecule has 0 radical (unpaired) electrons. The van der Waals surface area contributed by atoms with Crippen LogP contribution in [0.4, 0.5) is 10.1 Å². The summed E-state index contributed by atoms with van der Waals surface area (Å²) in [5, 5.41) is 4.69. The molecule has 0 amide bonds. The molecule has 2 aromatic rings. The van der Waals surface area contributed by atoms with E-state index in [0.717, 1.165) is 55.4 Å². The Balaban J connectivity index is 1.43. The van der Waals surface area contributed by atoms with Gasteiger partial charge in [-0.05, 0) is 53.9 Å². The fourth-order valence-electron chi connectivity index (χ4n) is 4.46. The highest BCUT2D eigenvalue weighted by molar-refractivity contribution is 9.10. The lowest BCUT2D eigenvalue weighted by Crippen LogP contribution is -2.46. The van der Waals surface area contributed by atoms with Crippen LogP contribution in [0, 0.1) is 19.7 Å². The summed E-state index contributed by atoms with van der Waals surface area (Å²) in [5.74, 6) is 0.204. The zero-order valence-corrected chi connectivity index (χ0v) is 19.1. The van der Waals surface area contributed by atoms with Crippen LogP contribution >= 0.6 is 15.9 Å². The van der Waals surface area contributed by atoms with Gasteiger partial charge in [-0.15, -0.1) is 0 Å². The summed E-state index contributed by atoms with van der Waals surface area (Å²) in [6, 6.07) is 5.13. The molecule has 158 valence electrons. The number of sulfone groups is 1. The molecule has 1 aromatic carbocycles. The second-order valence-electron chi connectivity index (χ2n) is 8.03. The maximum Gasteiger partial charge on any atom is 0.152 e. The number of rotatable bonds is 4. The zero-order valence-electron chi connectivity index (χ0n) is 16.7. The van der Waals surface area contributed by atoms with E-state index in [9.17, 15) is 12.8 Å². The number of anilines is 1. The van der Waals surface area contributed by atoms with Crippen molar-refractivity contribution in [1.29, 1.82) is 0 Å². The SMILES string of the molecule is Cc1nn(C2CCS(=O)(=O)C2)c(C)c1N1CCN(Cc2ccc(F)c(Br)c2)CC1. The van der Waals surface area contributed by atoms with Crippen LogP contribution in [0.25, 0.3) is 0 Å². The Morgan fingerprint density at radius 1 is 1.21 bits per heavy atom. The summed E-state index contributed by atoms with van der Waals surface area (Å²) in [4.78, 5) is 4.73. The highest BCUT2D eigenvalue weighted by Gasteiger charge is 2.32. The lowest BCUT2D eigenvalue weighted by Gasteiger charge is -2.36. The Morgan fingerprint density at radius 2 is 1.93 bits per heavy atom. The third-order valence-corrected chi connectivity index (χ3v) is 8.28. The fraction of sp³-hybridized carbons (Fsp3) is 0.550. The molecule has 3 heterocycles. The van der Waals surface area contributed by atoms with Crippen LogP contribution in [0.1, 0.15) is 29.4 Å². The van der Waals surface area contributed by atoms with E-state index in [1.807, 2.05) is 30.7 Å². The van der Waals surface area contributed by atoms with Crippen LogP contribution in [0.5, 0.6) is 0 Å². The Labute approximate surface area is 179 Å². The molecule has 2 fully saturated rings. The minimum atomic E-state index is -2.94. The molecule has 0 bridgehead atoms. The van der Waals surface area contributed by atoms with E-state index < -0.39 is 9.84 Å². The summed E-state index contributed by atoms with van der Waals surface area (Å²) < 4.78 is 39.6. The number of hydrogen-bond acceptors (Lipinski definition) is 5. The first-order chi connectivity index (χ1) is 13.7. The topological polar surface area (TPSA) is 58.4 Å². The van der Waals surface area contributed by atoms with E-state index in [0.29, 0.717) is 10.9 Å². The summed E-state index contributed by atoms with van der Waals surface area (Å²) in [7, 11) is -2.94. The third kappa shape index (κ3) is 4.36. The highest BCUT2D eigenvalue weighted by atomic mass is 79.9. The average molecular weight is 485 g/mol. The smallest absolute Gasteiger partial charge is 0.152 e. The molecule has 6 nitrogen and oxygen atoms in total. The van der Waals surface area contributed by atoms with Gasteiger partial charge in [0.05, 0.1) is 39.1 Å². The molecule has 9 heteroatoms. The zero-order chi connectivity index (χ0) is 20.8. The van der Waals surface area contributed by atoms with Gasteiger partial charge < -0.3 is 4.90 Å². The van der Waals surface area contributed by atoms with Gasteiger partial charge in [-0.1, -0.05) is 6.07 Å². The van der Waals surface area contributed by atoms with Crippen molar-refractivity contribution < 1.29 is 12.8 Å². The predicted molar refractivity (Wildman–Crippen MR) is 116 cm³/mol. The number of hydrogen-bond donors (Lipinski definition) is 0. The van der Waals surface area contributed by atoms with Gasteiger partial charge in [-0.3, -0.25) is 9.58 Å². The maximum atomic E-state index is 13.4. The Hall–Kier alpha value is -1.45. The first kappa shape index (κ1) is 20.8. The molecule has 1 unspecified atom stereocenters. The Kier molecular flexibility index (Phi) is 5.74. The normalized spacial score (nSPS) is 22.3. The van der Waals surface area contributed by atoms with Crippen LogP contribution in [0.2, 0.25) is 0 Å². The quantitative estimate of drug-likeness (QED) is 0.667. The highest BCUT2D eigenvalue weighted by Crippen LogP contribution is 2.32. The van der Waals surface area contributed by atoms with Crippen molar-refractivity contribution in [1.82, 2.24) is 14.7 Å². The van der Waals surface area contributed by atoms with Gasteiger partial charge >= 0.3 is 0 Å². The number of benzene rings is 1. The number of nitrogens with zero attached hydrogens (tertiary/aromatic N) is 4. The second kappa shape index (κ2) is 8.00. The van der Waals surface area contributed by atoms with Gasteiger partial charge in [0.25, 0.3) is 0 Å². The molecule has 2 saturated heterocycles. The van der Waals surface area contributed by atoms with Crippen molar-refractivity contribution in [3.05, 3.63) is 45.4 Å². The maximum absolute atomic E-state index is 13.4. The first-order valence-corrected chi connectivity index (χ1v) is 12.5. The molecule has 4 rings (SSSR count). The third-order valence-electron chi connectivity index (χ3n) is 5.92. The predicted octanol–water partition coefficient (Wildman–Crippen LogP) is 3.08. The monoisotopic (exact) mass is 484 g/mol. The van der Waals surface area contributed by atoms with Gasteiger partial charge in [0.15, 0.2) is 9.84 Å². The van der Waals surface area contributed by atoms with Crippen LogP contribution in [-0.4, -0.2) is 60.8 Å². The van der Waals surface area contributed by atoms with Gasteiger partial charge in [-0.2, -0.15) is 5.10 Å². The number of piperazine rings is 1. The molecule has 0 saturated carbocycles. The molecule has 0 spiro atoms. The number of halogens is 2. The molecule has 0 aliphatic carbocycles. The van der Waals surface area contributed by atoms with Crippen LogP contribution in [0.3, 0.4) is 0 Å². The van der Waals surface area contributed by atoms with Crippen molar-refractivity contribution in [3.63, 3.8) is 0 Å². The molecule has 1 atom stereocenters. The van der Waals surface area contributed by atoms with Crippen LogP contribution in [0.15, 0.2) is 22.7 Å².